The van der Waals surface area contributed by atoms with E-state index in [1.807, 2.05) is 30.3 Å². The van der Waals surface area contributed by atoms with Crippen LogP contribution >= 0.6 is 0 Å². The smallest absolute Gasteiger partial charge is 0.329 e. The Morgan fingerprint density at radius 2 is 1.84 bits per heavy atom. The minimum absolute atomic E-state index is 0.0890. The van der Waals surface area contributed by atoms with E-state index in [4.69, 9.17) is 0 Å². The Hall–Kier alpha value is -3.55. The molecule has 0 saturated heterocycles. The van der Waals surface area contributed by atoms with E-state index in [-0.39, 0.29) is 5.69 Å². The van der Waals surface area contributed by atoms with Gasteiger partial charge in [0.15, 0.2) is 0 Å². The predicted octanol–water partition coefficient (Wildman–Crippen LogP) is 1.40. The van der Waals surface area contributed by atoms with E-state index in [9.17, 15) is 19.7 Å². The molecular weight excluding hydrogens is 324 g/mol. The summed E-state index contributed by atoms with van der Waals surface area (Å²) in [7, 11) is 0. The summed E-state index contributed by atoms with van der Waals surface area (Å²) in [4.78, 5) is 33.4. The molecule has 2 aromatic carbocycles. The monoisotopic (exact) mass is 340 g/mol. The fraction of sp³-hybridized carbons (Fsp3) is 0.118. The van der Waals surface area contributed by atoms with Crippen molar-refractivity contribution in [2.75, 3.05) is 6.54 Å². The van der Waals surface area contributed by atoms with Crippen LogP contribution in [0.2, 0.25) is 0 Å². The molecule has 0 unspecified atom stereocenters. The van der Waals surface area contributed by atoms with Crippen molar-refractivity contribution in [2.24, 2.45) is 5.10 Å². The predicted molar refractivity (Wildman–Crippen MR) is 92.0 cm³/mol. The number of hydrazone groups is 1. The third-order valence-corrected chi connectivity index (χ3v) is 3.21. The third-order valence-electron chi connectivity index (χ3n) is 3.21. The Morgan fingerprint density at radius 3 is 2.56 bits per heavy atom. The summed E-state index contributed by atoms with van der Waals surface area (Å²) in [5.74, 6) is -1.71. The van der Waals surface area contributed by atoms with Gasteiger partial charge in [0.2, 0.25) is 0 Å². The number of nitrogens with zero attached hydrogens (tertiary/aromatic N) is 2. The molecule has 0 saturated carbocycles. The van der Waals surface area contributed by atoms with Crippen molar-refractivity contribution >= 4 is 23.7 Å². The van der Waals surface area contributed by atoms with Crippen LogP contribution in [-0.2, 0) is 16.0 Å². The maximum atomic E-state index is 11.6. The molecule has 8 heteroatoms. The standard InChI is InChI=1S/C17H16N4O4/c22-16(18-10-9-13-5-2-1-3-6-13)17(23)20-19-12-14-7-4-8-15(11-14)21(24)25/h1-8,11-12H,9-10H2,(H,18,22)(H,20,23)/b19-12-. The molecule has 8 nitrogen and oxygen atoms in total. The van der Waals surface area contributed by atoms with Crippen LogP contribution in [0, 0.1) is 10.1 Å². The van der Waals surface area contributed by atoms with E-state index >= 15 is 0 Å². The minimum Gasteiger partial charge on any atom is -0.347 e. The lowest BCUT2D eigenvalue weighted by molar-refractivity contribution is -0.384. The van der Waals surface area contributed by atoms with Gasteiger partial charge in [-0.15, -0.1) is 0 Å². The topological polar surface area (TPSA) is 114 Å². The fourth-order valence-electron chi connectivity index (χ4n) is 1.98. The molecule has 0 atom stereocenters. The number of amides is 2. The first-order chi connectivity index (χ1) is 12.1. The molecule has 2 amide bonds. The van der Waals surface area contributed by atoms with E-state index in [1.54, 1.807) is 6.07 Å². The third kappa shape index (κ3) is 5.87. The van der Waals surface area contributed by atoms with Crippen LogP contribution in [0.1, 0.15) is 11.1 Å². The van der Waals surface area contributed by atoms with Gasteiger partial charge < -0.3 is 5.32 Å². The highest BCUT2D eigenvalue weighted by Gasteiger charge is 2.11. The first kappa shape index (κ1) is 17.8. The largest absolute Gasteiger partial charge is 0.347 e. The molecule has 0 spiro atoms. The highest BCUT2D eigenvalue weighted by atomic mass is 16.6. The zero-order valence-corrected chi connectivity index (χ0v) is 13.2. The number of non-ortho nitro benzene ring substituents is 1. The Kier molecular flexibility index (Phi) is 6.35. The van der Waals surface area contributed by atoms with E-state index < -0.39 is 16.7 Å². The van der Waals surface area contributed by atoms with Crippen LogP contribution < -0.4 is 10.7 Å². The second-order valence-corrected chi connectivity index (χ2v) is 5.04. The zero-order valence-electron chi connectivity index (χ0n) is 13.2. The number of benzene rings is 2. The normalized spacial score (nSPS) is 10.4. The lowest BCUT2D eigenvalue weighted by Crippen LogP contribution is -2.38. The van der Waals surface area contributed by atoms with Gasteiger partial charge in [0.25, 0.3) is 5.69 Å². The molecule has 128 valence electrons. The molecule has 25 heavy (non-hydrogen) atoms. The summed E-state index contributed by atoms with van der Waals surface area (Å²) in [5, 5.41) is 16.8. The Bertz CT molecular complexity index is 790. The Labute approximate surface area is 143 Å². The fourth-order valence-corrected chi connectivity index (χ4v) is 1.98. The minimum atomic E-state index is -0.908. The van der Waals surface area contributed by atoms with E-state index in [2.05, 4.69) is 15.8 Å². The van der Waals surface area contributed by atoms with Crippen molar-refractivity contribution in [1.82, 2.24) is 10.7 Å². The summed E-state index contributed by atoms with van der Waals surface area (Å²) in [6.45, 7) is 0.324. The van der Waals surface area contributed by atoms with Gasteiger partial charge in [-0.05, 0) is 12.0 Å². The first-order valence-corrected chi connectivity index (χ1v) is 7.46. The summed E-state index contributed by atoms with van der Waals surface area (Å²) in [6, 6.07) is 15.3. The average molecular weight is 340 g/mol. The van der Waals surface area contributed by atoms with Crippen molar-refractivity contribution in [3.05, 3.63) is 75.8 Å². The highest BCUT2D eigenvalue weighted by molar-refractivity contribution is 6.35. The summed E-state index contributed by atoms with van der Waals surface area (Å²) in [6.07, 6.45) is 1.83. The van der Waals surface area contributed by atoms with E-state index in [1.165, 1.54) is 24.4 Å². The number of nitro benzene ring substituents is 1. The summed E-state index contributed by atoms with van der Waals surface area (Å²) in [5.41, 5.74) is 3.47. The van der Waals surface area contributed by atoms with Gasteiger partial charge in [-0.2, -0.15) is 5.10 Å². The molecule has 0 aromatic heterocycles. The van der Waals surface area contributed by atoms with Crippen molar-refractivity contribution in [3.8, 4) is 0 Å². The maximum absolute atomic E-state index is 11.6. The summed E-state index contributed by atoms with van der Waals surface area (Å²) < 4.78 is 0. The van der Waals surface area contributed by atoms with Crippen molar-refractivity contribution in [2.45, 2.75) is 6.42 Å². The number of rotatable bonds is 6. The first-order valence-electron chi connectivity index (χ1n) is 7.46. The van der Waals surface area contributed by atoms with Crippen LogP contribution in [0.3, 0.4) is 0 Å². The van der Waals surface area contributed by atoms with Gasteiger partial charge >= 0.3 is 11.8 Å². The number of nitro groups is 1. The van der Waals surface area contributed by atoms with Gasteiger partial charge in [-0.25, -0.2) is 5.43 Å². The molecule has 2 rings (SSSR count). The zero-order chi connectivity index (χ0) is 18.1. The highest BCUT2D eigenvalue weighted by Crippen LogP contribution is 2.11. The second-order valence-electron chi connectivity index (χ2n) is 5.04. The van der Waals surface area contributed by atoms with Crippen molar-refractivity contribution in [3.63, 3.8) is 0 Å². The maximum Gasteiger partial charge on any atom is 0.329 e. The van der Waals surface area contributed by atoms with Crippen molar-refractivity contribution < 1.29 is 14.5 Å². The van der Waals surface area contributed by atoms with Gasteiger partial charge in [-0.3, -0.25) is 19.7 Å². The molecule has 0 aliphatic rings. The second kappa shape index (κ2) is 8.92. The summed E-state index contributed by atoms with van der Waals surface area (Å²) >= 11 is 0. The van der Waals surface area contributed by atoms with E-state index in [0.29, 0.717) is 18.5 Å². The lowest BCUT2D eigenvalue weighted by atomic mass is 10.1. The van der Waals surface area contributed by atoms with Gasteiger partial charge in [0, 0.05) is 24.2 Å². The van der Waals surface area contributed by atoms with Crippen LogP contribution in [0.5, 0.6) is 0 Å². The molecule has 0 heterocycles. The van der Waals surface area contributed by atoms with Gasteiger partial charge in [-0.1, -0.05) is 42.5 Å². The van der Waals surface area contributed by atoms with Crippen LogP contribution in [-0.4, -0.2) is 29.5 Å². The molecule has 0 aliphatic heterocycles. The lowest BCUT2D eigenvalue weighted by Gasteiger charge is -2.04. The number of carbonyl (C=O) groups is 2. The van der Waals surface area contributed by atoms with Crippen LogP contribution in [0.15, 0.2) is 59.7 Å². The SMILES string of the molecule is O=C(NCCc1ccccc1)C(=O)N/N=C\c1cccc([N+](=O)[O-])c1. The quantitative estimate of drug-likeness (QED) is 0.358. The molecule has 2 N–H and O–H groups in total. The Balaban J connectivity index is 1.78. The molecule has 0 radical (unpaired) electrons. The van der Waals surface area contributed by atoms with Crippen LogP contribution in [0.25, 0.3) is 0 Å². The number of hydrogen-bond acceptors (Lipinski definition) is 5. The molecule has 0 aliphatic carbocycles. The van der Waals surface area contributed by atoms with Gasteiger partial charge in [0.1, 0.15) is 0 Å². The van der Waals surface area contributed by atoms with Crippen LogP contribution in [0.4, 0.5) is 5.69 Å². The van der Waals surface area contributed by atoms with Crippen molar-refractivity contribution in [1.29, 1.82) is 0 Å². The molecule has 0 fully saturated rings. The van der Waals surface area contributed by atoms with E-state index in [0.717, 1.165) is 5.56 Å². The number of hydrogen-bond donors (Lipinski definition) is 2. The number of nitrogens with one attached hydrogen (secondary N) is 2. The number of carbonyl (C=O) groups excluding carboxylic acids is 2. The molecular formula is C17H16N4O4. The molecule has 2 aromatic rings. The van der Waals surface area contributed by atoms with Gasteiger partial charge in [0.05, 0.1) is 11.1 Å². The molecule has 0 bridgehead atoms. The Morgan fingerprint density at radius 1 is 1.08 bits per heavy atom. The average Bonchev–Trinajstić information content (AvgIpc) is 2.62.